The van der Waals surface area contributed by atoms with E-state index in [0.29, 0.717) is 19.4 Å². The highest BCUT2D eigenvalue weighted by Gasteiger charge is 2.50. The molecule has 2 aromatic heterocycles. The van der Waals surface area contributed by atoms with Crippen LogP contribution in [0.5, 0.6) is 0 Å². The molecule has 8 atom stereocenters. The number of anilines is 1. The summed E-state index contributed by atoms with van der Waals surface area (Å²) in [4.78, 5) is 75.1. The lowest BCUT2D eigenvalue weighted by molar-refractivity contribution is -0.137. The summed E-state index contributed by atoms with van der Waals surface area (Å²) in [6.45, 7) is 2.29. The first-order chi connectivity index (χ1) is 23.5. The van der Waals surface area contributed by atoms with E-state index in [4.69, 9.17) is 19.5 Å². The highest BCUT2D eigenvalue weighted by Crippen LogP contribution is 2.61. The number of phosphoric ester groups is 3. The van der Waals surface area contributed by atoms with Gasteiger partial charge in [-0.3, -0.25) is 27.7 Å². The van der Waals surface area contributed by atoms with Gasteiger partial charge in [0.05, 0.1) is 25.6 Å². The zero-order valence-corrected chi connectivity index (χ0v) is 30.2. The van der Waals surface area contributed by atoms with Crippen molar-refractivity contribution in [1.82, 2.24) is 30.2 Å². The molecule has 0 aromatic carbocycles. The van der Waals surface area contributed by atoms with Crippen molar-refractivity contribution in [3.05, 3.63) is 12.7 Å². The molecule has 51 heavy (non-hydrogen) atoms. The quantitative estimate of drug-likeness (QED) is 0.0542. The molecule has 1 saturated heterocycles. The molecule has 0 bridgehead atoms. The fourth-order valence-electron chi connectivity index (χ4n) is 4.57. The number of aromatic nitrogens is 4. The van der Waals surface area contributed by atoms with Crippen molar-refractivity contribution in [2.24, 2.45) is 5.41 Å². The minimum atomic E-state index is -5.55. The van der Waals surface area contributed by atoms with Gasteiger partial charge in [0.15, 0.2) is 17.7 Å². The predicted molar refractivity (Wildman–Crippen MR) is 171 cm³/mol. The molecule has 1 aliphatic rings. The van der Waals surface area contributed by atoms with E-state index >= 15 is 0 Å². The molecule has 290 valence electrons. The summed E-state index contributed by atoms with van der Waals surface area (Å²) >= 11 is 0. The number of nitrogens with zero attached hydrogens (tertiary/aromatic N) is 4. The molecule has 24 nitrogen and oxygen atoms in total. The Labute approximate surface area is 290 Å². The Bertz CT molecular complexity index is 1660. The second-order valence-electron chi connectivity index (χ2n) is 12.1. The number of hydrogen-bond acceptors (Lipinski definition) is 17. The maximum atomic E-state index is 12.6. The zero-order chi connectivity index (χ0) is 38.4. The Hall–Kier alpha value is -2.50. The topological polar surface area (TPSA) is 367 Å². The summed E-state index contributed by atoms with van der Waals surface area (Å²) in [5, 5.41) is 35.5. The number of carbonyl (C=O) groups is 2. The van der Waals surface area contributed by atoms with E-state index in [1.54, 1.807) is 6.92 Å². The van der Waals surface area contributed by atoms with E-state index < -0.39 is 84.8 Å². The lowest BCUT2D eigenvalue weighted by Gasteiger charge is -2.30. The van der Waals surface area contributed by atoms with Crippen molar-refractivity contribution in [2.75, 3.05) is 32.0 Å². The van der Waals surface area contributed by atoms with Gasteiger partial charge in [-0.05, 0) is 19.8 Å². The Morgan fingerprint density at radius 1 is 1.06 bits per heavy atom. The molecule has 3 rings (SSSR count). The average molecular weight is 794 g/mol. The second-order valence-corrected chi connectivity index (χ2v) is 16.3. The molecule has 11 N–H and O–H groups in total. The second kappa shape index (κ2) is 17.5. The number of nitrogens with one attached hydrogen (secondary N) is 2. The first-order valence-corrected chi connectivity index (χ1v) is 19.6. The molecule has 2 unspecified atom stereocenters. The van der Waals surface area contributed by atoms with Crippen molar-refractivity contribution in [3.63, 3.8) is 0 Å². The van der Waals surface area contributed by atoms with Crippen LogP contribution in [0.3, 0.4) is 0 Å². The Morgan fingerprint density at radius 2 is 1.73 bits per heavy atom. The highest BCUT2D eigenvalue weighted by atomic mass is 31.3. The van der Waals surface area contributed by atoms with E-state index in [0.717, 1.165) is 17.2 Å². The number of imidazole rings is 1. The number of nitrogen functional groups attached to an aromatic ring is 1. The summed E-state index contributed by atoms with van der Waals surface area (Å²) in [5.74, 6) is -1.39. The first kappa shape index (κ1) is 42.9. The third-order valence-electron chi connectivity index (χ3n) is 7.20. The van der Waals surface area contributed by atoms with Gasteiger partial charge in [-0.1, -0.05) is 13.8 Å². The summed E-state index contributed by atoms with van der Waals surface area (Å²) < 4.78 is 61.9. The van der Waals surface area contributed by atoms with Gasteiger partial charge in [-0.15, -0.1) is 0 Å². The van der Waals surface area contributed by atoms with Crippen molar-refractivity contribution in [3.8, 4) is 0 Å². The molecule has 0 aliphatic carbocycles. The number of rotatable bonds is 20. The van der Waals surface area contributed by atoms with Crippen molar-refractivity contribution < 1.29 is 80.8 Å². The number of carbonyl (C=O) groups excluding carboxylic acids is 2. The van der Waals surface area contributed by atoms with Crippen molar-refractivity contribution in [1.29, 1.82) is 0 Å². The monoisotopic (exact) mass is 793 g/mol. The molecule has 0 spiro atoms. The van der Waals surface area contributed by atoms with Gasteiger partial charge in [-0.2, -0.15) is 4.31 Å². The van der Waals surface area contributed by atoms with Gasteiger partial charge < -0.3 is 56.0 Å². The minimum Gasteiger partial charge on any atom is -0.393 e. The van der Waals surface area contributed by atoms with E-state index in [1.807, 2.05) is 0 Å². The van der Waals surface area contributed by atoms with Crippen molar-refractivity contribution >= 4 is 52.3 Å². The Kier molecular flexibility index (Phi) is 14.8. The van der Waals surface area contributed by atoms with Crippen LogP contribution in [0, 0.1) is 5.41 Å². The maximum absolute atomic E-state index is 12.6. The highest BCUT2D eigenvalue weighted by molar-refractivity contribution is 7.61. The number of aliphatic hydroxyl groups is 3. The van der Waals surface area contributed by atoms with Crippen LogP contribution >= 0.6 is 23.5 Å². The number of phosphoric acid groups is 3. The molecular weight excluding hydrogens is 751 g/mol. The number of hydrogen-bond donors (Lipinski definition) is 10. The van der Waals surface area contributed by atoms with E-state index in [9.17, 15) is 58.2 Å². The third-order valence-corrected chi connectivity index (χ3v) is 10.3. The van der Waals surface area contributed by atoms with Crippen LogP contribution in [0.15, 0.2) is 12.7 Å². The lowest BCUT2D eigenvalue weighted by atomic mass is 9.87. The Morgan fingerprint density at radius 3 is 2.37 bits per heavy atom. The van der Waals surface area contributed by atoms with Crippen LogP contribution in [0.25, 0.3) is 11.2 Å². The van der Waals surface area contributed by atoms with Gasteiger partial charge in [0, 0.05) is 24.9 Å². The normalized spacial score (nSPS) is 23.3. The number of amides is 2. The largest absolute Gasteiger partial charge is 0.481 e. The van der Waals surface area contributed by atoms with Gasteiger partial charge in [-0.25, -0.2) is 28.6 Å². The molecule has 0 radical (unpaired) electrons. The number of aliphatic hydroxyl groups excluding tert-OH is 3. The minimum absolute atomic E-state index is 0.0338. The standard InChI is InChI=1S/C24H42N7O17P3/c1-13(32)5-4-7-26-15(33)6-8-27-22(36)19(35)24(2,3)10-45-51(42,43)48-50(40,41)44-9-14-18(47-49(37,38)39)17(34)23(46-14)31-12-30-16-20(25)28-11-29-21(16)31/h11-14,17-19,23,32,34-35H,4-10H2,1-3H3,(H,26,33)(H,27,36)(H,40,41)(H,42,43)(H2,25,28,29)(H2,37,38,39)/t13-,14+,17+,18+,19-,23+/m0/s1. The first-order valence-electron chi connectivity index (χ1n) is 15.1. The molecule has 1 aliphatic heterocycles. The predicted octanol–water partition coefficient (Wildman–Crippen LogP) is -1.43. The molecule has 1 fully saturated rings. The molecule has 2 amide bonds. The van der Waals surface area contributed by atoms with Gasteiger partial charge >= 0.3 is 23.5 Å². The van der Waals surface area contributed by atoms with Crippen LogP contribution in [0.1, 0.15) is 46.3 Å². The summed E-state index contributed by atoms with van der Waals surface area (Å²) in [6, 6.07) is 0. The number of nitrogens with two attached hydrogens (primary N) is 1. The molecule has 0 saturated carbocycles. The Balaban J connectivity index is 1.55. The summed E-state index contributed by atoms with van der Waals surface area (Å²) in [6.07, 6.45) is -6.28. The fourth-order valence-corrected chi connectivity index (χ4v) is 7.39. The van der Waals surface area contributed by atoms with Crippen LogP contribution in [0.4, 0.5) is 5.82 Å². The average Bonchev–Trinajstić information content (AvgIpc) is 3.57. The van der Waals surface area contributed by atoms with Crippen LogP contribution < -0.4 is 16.4 Å². The molecular formula is C24H42N7O17P3. The molecule has 2 aromatic rings. The zero-order valence-electron chi connectivity index (χ0n) is 27.5. The van der Waals surface area contributed by atoms with E-state index in [2.05, 4.69) is 34.4 Å². The van der Waals surface area contributed by atoms with E-state index in [1.165, 1.54) is 13.8 Å². The van der Waals surface area contributed by atoms with Crippen LogP contribution in [-0.2, 0) is 45.9 Å². The lowest BCUT2D eigenvalue weighted by Crippen LogP contribution is -2.46. The molecule has 3 heterocycles. The third kappa shape index (κ3) is 12.8. The van der Waals surface area contributed by atoms with Crippen LogP contribution in [-0.4, -0.2) is 123 Å². The van der Waals surface area contributed by atoms with Gasteiger partial charge in [0.2, 0.25) is 11.8 Å². The maximum Gasteiger partial charge on any atom is 0.481 e. The smallest absolute Gasteiger partial charge is 0.393 e. The van der Waals surface area contributed by atoms with Crippen molar-refractivity contribution in [2.45, 2.75) is 76.8 Å². The SMILES string of the molecule is C[C@H](O)CCCNC(=O)CCNC(=O)[C@H](O)C(C)(C)COP(=O)(O)OP(=O)(O)OC[C@H]1O[C@@H](n2cnc3c(N)ncnc32)[C@H](O)[C@@H]1OP(=O)(O)O. The van der Waals surface area contributed by atoms with E-state index in [-0.39, 0.29) is 35.9 Å². The number of fused-ring (bicyclic) bond motifs is 1. The van der Waals surface area contributed by atoms with Crippen LogP contribution in [0.2, 0.25) is 0 Å². The van der Waals surface area contributed by atoms with Gasteiger partial charge in [0.25, 0.3) is 0 Å². The van der Waals surface area contributed by atoms with Gasteiger partial charge in [0.1, 0.15) is 36.3 Å². The molecule has 27 heteroatoms. The fraction of sp³-hybridized carbons (Fsp3) is 0.708. The summed E-state index contributed by atoms with van der Waals surface area (Å²) in [5.41, 5.74) is 4.28. The summed E-state index contributed by atoms with van der Waals surface area (Å²) in [7, 11) is -16.3. The number of ether oxygens (including phenoxy) is 1.